The van der Waals surface area contributed by atoms with Gasteiger partial charge in [0.2, 0.25) is 0 Å². The Morgan fingerprint density at radius 3 is 2.73 bits per heavy atom. The fraction of sp³-hybridized carbons (Fsp3) is 0.500. The molecule has 3 rings (SSSR count). The molecule has 0 aliphatic carbocycles. The van der Waals surface area contributed by atoms with Gasteiger partial charge in [0.05, 0.1) is 12.5 Å². The summed E-state index contributed by atoms with van der Waals surface area (Å²) in [5.41, 5.74) is 1.46. The fourth-order valence-corrected chi connectivity index (χ4v) is 3.24. The van der Waals surface area contributed by atoms with Gasteiger partial charge in [0.25, 0.3) is 5.91 Å². The van der Waals surface area contributed by atoms with Crippen molar-refractivity contribution in [1.82, 2.24) is 15.5 Å². The van der Waals surface area contributed by atoms with Crippen LogP contribution in [0.5, 0.6) is 0 Å². The number of rotatable bonds is 5. The second-order valence-corrected chi connectivity index (χ2v) is 7.30. The zero-order chi connectivity index (χ0) is 18.7. The van der Waals surface area contributed by atoms with Gasteiger partial charge in [0, 0.05) is 24.2 Å². The molecule has 26 heavy (non-hydrogen) atoms. The van der Waals surface area contributed by atoms with E-state index in [2.05, 4.69) is 15.8 Å². The summed E-state index contributed by atoms with van der Waals surface area (Å²) < 4.78 is 0. The van der Waals surface area contributed by atoms with Crippen LogP contribution < -0.4 is 10.6 Å². The number of hydrogen-bond donors (Lipinski definition) is 2. The molecule has 140 valence electrons. The summed E-state index contributed by atoms with van der Waals surface area (Å²) in [4.78, 5) is 31.6. The molecule has 7 nitrogen and oxygen atoms in total. The van der Waals surface area contributed by atoms with E-state index in [1.54, 1.807) is 4.90 Å². The van der Waals surface area contributed by atoms with Gasteiger partial charge in [-0.15, -0.1) is 0 Å². The summed E-state index contributed by atoms with van der Waals surface area (Å²) in [7, 11) is 0. The molecular formula is C18H23ClN4O3. The van der Waals surface area contributed by atoms with Gasteiger partial charge in [-0.3, -0.25) is 4.79 Å². The molecule has 0 radical (unpaired) electrons. The van der Waals surface area contributed by atoms with Crippen molar-refractivity contribution in [2.24, 2.45) is 11.1 Å². The topological polar surface area (TPSA) is 83.0 Å². The molecule has 0 bridgehead atoms. The first-order valence-corrected chi connectivity index (χ1v) is 9.13. The van der Waals surface area contributed by atoms with E-state index in [-0.39, 0.29) is 30.0 Å². The van der Waals surface area contributed by atoms with Gasteiger partial charge in [0.15, 0.2) is 11.8 Å². The number of nitrogens with zero attached hydrogens (tertiary/aromatic N) is 2. The molecule has 2 atom stereocenters. The third-order valence-electron chi connectivity index (χ3n) is 4.45. The molecule has 2 N–H and O–H groups in total. The van der Waals surface area contributed by atoms with Gasteiger partial charge in [0.1, 0.15) is 0 Å². The van der Waals surface area contributed by atoms with E-state index in [1.165, 1.54) is 0 Å². The fourth-order valence-electron chi connectivity index (χ4n) is 3.11. The van der Waals surface area contributed by atoms with Gasteiger partial charge in [-0.05, 0) is 38.0 Å². The van der Waals surface area contributed by atoms with Gasteiger partial charge >= 0.3 is 6.03 Å². The SMILES string of the molecule is CC(C)NC(=O)N1CC2ON=C(C(=O)NCCc3ccc(Cl)cc3)C2C1. The Balaban J connectivity index is 1.49. The molecule has 1 aromatic carbocycles. The van der Waals surface area contributed by atoms with Gasteiger partial charge in [-0.1, -0.05) is 28.9 Å². The van der Waals surface area contributed by atoms with Crippen LogP contribution in [0.1, 0.15) is 19.4 Å². The summed E-state index contributed by atoms with van der Waals surface area (Å²) in [6.45, 7) is 5.19. The molecule has 1 fully saturated rings. The lowest BCUT2D eigenvalue weighted by atomic mass is 10.0. The van der Waals surface area contributed by atoms with Crippen molar-refractivity contribution in [2.75, 3.05) is 19.6 Å². The first-order valence-electron chi connectivity index (χ1n) is 8.76. The van der Waals surface area contributed by atoms with E-state index < -0.39 is 0 Å². The summed E-state index contributed by atoms with van der Waals surface area (Å²) in [5.74, 6) is -0.416. The lowest BCUT2D eigenvalue weighted by molar-refractivity contribution is -0.115. The van der Waals surface area contributed by atoms with Crippen LogP contribution in [-0.4, -0.2) is 54.3 Å². The van der Waals surface area contributed by atoms with Gasteiger partial charge < -0.3 is 20.4 Å². The predicted octanol–water partition coefficient (Wildman–Crippen LogP) is 1.80. The molecular weight excluding hydrogens is 356 g/mol. The van der Waals surface area contributed by atoms with Crippen LogP contribution >= 0.6 is 11.6 Å². The minimum absolute atomic E-state index is 0.0631. The molecule has 3 amide bonds. The van der Waals surface area contributed by atoms with Gasteiger partial charge in [-0.2, -0.15) is 0 Å². The van der Waals surface area contributed by atoms with Crippen molar-refractivity contribution in [3.8, 4) is 0 Å². The molecule has 0 saturated carbocycles. The maximum Gasteiger partial charge on any atom is 0.317 e. The van der Waals surface area contributed by atoms with E-state index in [0.29, 0.717) is 36.8 Å². The molecule has 1 aromatic rings. The van der Waals surface area contributed by atoms with Crippen molar-refractivity contribution < 1.29 is 14.4 Å². The highest BCUT2D eigenvalue weighted by atomic mass is 35.5. The van der Waals surface area contributed by atoms with Crippen molar-refractivity contribution in [1.29, 1.82) is 0 Å². The smallest absolute Gasteiger partial charge is 0.317 e. The minimum atomic E-state index is -0.245. The number of hydrogen-bond acceptors (Lipinski definition) is 4. The van der Waals surface area contributed by atoms with Crippen molar-refractivity contribution in [2.45, 2.75) is 32.4 Å². The van der Waals surface area contributed by atoms with Crippen LogP contribution in [0, 0.1) is 5.92 Å². The van der Waals surface area contributed by atoms with Crippen molar-refractivity contribution in [3.63, 3.8) is 0 Å². The number of halogens is 1. The number of carbonyl (C=O) groups excluding carboxylic acids is 2. The normalized spacial score (nSPS) is 21.2. The quantitative estimate of drug-likeness (QED) is 0.819. The van der Waals surface area contributed by atoms with E-state index in [4.69, 9.17) is 16.4 Å². The highest BCUT2D eigenvalue weighted by Gasteiger charge is 2.46. The number of oxime groups is 1. The maximum atomic E-state index is 12.4. The van der Waals surface area contributed by atoms with Crippen LogP contribution in [0.2, 0.25) is 5.02 Å². The van der Waals surface area contributed by atoms with E-state index in [0.717, 1.165) is 5.56 Å². The van der Waals surface area contributed by atoms with Crippen LogP contribution in [-0.2, 0) is 16.1 Å². The number of amides is 3. The average molecular weight is 379 g/mol. The Bertz CT molecular complexity index is 705. The Morgan fingerprint density at radius 2 is 2.04 bits per heavy atom. The van der Waals surface area contributed by atoms with Crippen LogP contribution in [0.25, 0.3) is 0 Å². The predicted molar refractivity (Wildman–Crippen MR) is 99.2 cm³/mol. The second kappa shape index (κ2) is 7.95. The molecule has 2 unspecified atom stereocenters. The Labute approximate surface area is 157 Å². The van der Waals surface area contributed by atoms with Crippen LogP contribution in [0.4, 0.5) is 4.79 Å². The van der Waals surface area contributed by atoms with E-state index >= 15 is 0 Å². The third-order valence-corrected chi connectivity index (χ3v) is 4.70. The van der Waals surface area contributed by atoms with Crippen LogP contribution in [0.3, 0.4) is 0 Å². The monoisotopic (exact) mass is 378 g/mol. The first-order chi connectivity index (χ1) is 12.4. The molecule has 0 spiro atoms. The lowest BCUT2D eigenvalue weighted by Crippen LogP contribution is -2.43. The summed E-state index contributed by atoms with van der Waals surface area (Å²) >= 11 is 5.86. The maximum absolute atomic E-state index is 12.4. The number of urea groups is 1. The van der Waals surface area contributed by atoms with Crippen molar-refractivity contribution in [3.05, 3.63) is 34.9 Å². The number of nitrogens with one attached hydrogen (secondary N) is 2. The molecule has 2 heterocycles. The number of benzene rings is 1. The first kappa shape index (κ1) is 18.5. The Morgan fingerprint density at radius 1 is 1.31 bits per heavy atom. The number of fused-ring (bicyclic) bond motifs is 1. The molecule has 1 saturated heterocycles. The zero-order valence-corrected chi connectivity index (χ0v) is 15.6. The average Bonchev–Trinajstić information content (AvgIpc) is 3.16. The van der Waals surface area contributed by atoms with E-state index in [1.807, 2.05) is 38.1 Å². The Hall–Kier alpha value is -2.28. The lowest BCUT2D eigenvalue weighted by Gasteiger charge is -2.19. The number of carbonyl (C=O) groups is 2. The molecule has 2 aliphatic heterocycles. The molecule has 0 aromatic heterocycles. The number of likely N-dealkylation sites (tertiary alicyclic amines) is 1. The molecule has 8 heteroatoms. The second-order valence-electron chi connectivity index (χ2n) is 6.87. The largest absolute Gasteiger partial charge is 0.389 e. The minimum Gasteiger partial charge on any atom is -0.389 e. The zero-order valence-electron chi connectivity index (χ0n) is 14.9. The summed E-state index contributed by atoms with van der Waals surface area (Å²) in [6, 6.07) is 7.45. The van der Waals surface area contributed by atoms with Crippen LogP contribution in [0.15, 0.2) is 29.4 Å². The summed E-state index contributed by atoms with van der Waals surface area (Å²) in [5, 5.41) is 10.4. The molecule has 2 aliphatic rings. The van der Waals surface area contributed by atoms with Crippen molar-refractivity contribution >= 4 is 29.3 Å². The summed E-state index contributed by atoms with van der Waals surface area (Å²) in [6.07, 6.45) is 0.457. The third kappa shape index (κ3) is 4.27. The standard InChI is InChI=1S/C18H23ClN4O3/c1-11(2)21-18(25)23-9-14-15(10-23)26-22-16(14)17(24)20-8-7-12-3-5-13(19)6-4-12/h3-6,11,14-15H,7-10H2,1-2H3,(H,20,24)(H,21,25). The highest BCUT2D eigenvalue weighted by Crippen LogP contribution is 2.27. The van der Waals surface area contributed by atoms with E-state index in [9.17, 15) is 9.59 Å². The van der Waals surface area contributed by atoms with Gasteiger partial charge in [-0.25, -0.2) is 4.79 Å². The highest BCUT2D eigenvalue weighted by molar-refractivity contribution is 6.40. The Kier molecular flexibility index (Phi) is 5.66.